The van der Waals surface area contributed by atoms with Gasteiger partial charge in [0.2, 0.25) is 5.91 Å². The second kappa shape index (κ2) is 8.45. The zero-order chi connectivity index (χ0) is 13.4. The molecule has 5 heteroatoms. The largest absolute Gasteiger partial charge is 0.396 e. The quantitative estimate of drug-likeness (QED) is 0.585. The summed E-state index contributed by atoms with van der Waals surface area (Å²) in [5.74, 6) is 0.319. The first-order valence-electron chi connectivity index (χ1n) is 6.86. The van der Waals surface area contributed by atoms with Crippen LogP contribution < -0.4 is 10.6 Å². The number of carbonyl (C=O) groups is 1. The molecule has 3 N–H and O–H groups in total. The number of carbonyl (C=O) groups excluding carboxylic acids is 1. The summed E-state index contributed by atoms with van der Waals surface area (Å²) >= 11 is 0. The Labute approximate surface area is 109 Å². The third kappa shape index (κ3) is 5.80. The molecule has 1 fully saturated rings. The number of rotatable bonds is 8. The Morgan fingerprint density at radius 3 is 2.83 bits per heavy atom. The highest BCUT2D eigenvalue weighted by molar-refractivity contribution is 5.78. The predicted octanol–water partition coefficient (Wildman–Crippen LogP) is 0.278. The van der Waals surface area contributed by atoms with Crippen molar-refractivity contribution in [2.45, 2.75) is 45.3 Å². The van der Waals surface area contributed by atoms with E-state index in [2.05, 4.69) is 10.6 Å². The van der Waals surface area contributed by atoms with Crippen molar-refractivity contribution < 1.29 is 14.6 Å². The normalized spacial score (nSPS) is 21.2. The summed E-state index contributed by atoms with van der Waals surface area (Å²) in [6.07, 6.45) is 3.06. The van der Waals surface area contributed by atoms with E-state index in [1.807, 2.05) is 13.8 Å². The molecular formula is C13H26N2O3. The Kier molecular flexibility index (Phi) is 7.23. The summed E-state index contributed by atoms with van der Waals surface area (Å²) in [6, 6.07) is 0.0482. The topological polar surface area (TPSA) is 70.6 Å². The van der Waals surface area contributed by atoms with Crippen molar-refractivity contribution >= 4 is 5.91 Å². The average molecular weight is 258 g/mol. The van der Waals surface area contributed by atoms with Gasteiger partial charge in [-0.15, -0.1) is 0 Å². The molecule has 0 radical (unpaired) electrons. The van der Waals surface area contributed by atoms with E-state index in [9.17, 15) is 4.79 Å². The maximum atomic E-state index is 11.7. The van der Waals surface area contributed by atoms with E-state index in [0.29, 0.717) is 18.9 Å². The summed E-state index contributed by atoms with van der Waals surface area (Å²) in [5.41, 5.74) is 0. The number of nitrogens with one attached hydrogen (secondary N) is 2. The van der Waals surface area contributed by atoms with Crippen molar-refractivity contribution in [1.82, 2.24) is 10.6 Å². The minimum Gasteiger partial charge on any atom is -0.396 e. The van der Waals surface area contributed by atoms with Gasteiger partial charge in [-0.25, -0.2) is 0 Å². The van der Waals surface area contributed by atoms with Gasteiger partial charge in [-0.1, -0.05) is 13.8 Å². The molecule has 1 saturated heterocycles. The number of ether oxygens (including phenoxy) is 1. The van der Waals surface area contributed by atoms with Gasteiger partial charge in [-0.3, -0.25) is 4.79 Å². The summed E-state index contributed by atoms with van der Waals surface area (Å²) in [7, 11) is 0. The van der Waals surface area contributed by atoms with Crippen LogP contribution >= 0.6 is 0 Å². The number of amides is 1. The van der Waals surface area contributed by atoms with E-state index in [-0.39, 0.29) is 24.7 Å². The van der Waals surface area contributed by atoms with Gasteiger partial charge in [0.1, 0.15) is 0 Å². The molecule has 0 saturated carbocycles. The highest BCUT2D eigenvalue weighted by Crippen LogP contribution is 2.10. The van der Waals surface area contributed by atoms with Crippen molar-refractivity contribution in [2.24, 2.45) is 5.92 Å². The Morgan fingerprint density at radius 2 is 2.28 bits per heavy atom. The fraction of sp³-hybridized carbons (Fsp3) is 0.923. The van der Waals surface area contributed by atoms with Crippen molar-refractivity contribution in [3.63, 3.8) is 0 Å². The maximum Gasteiger partial charge on any atom is 0.234 e. The molecule has 0 spiro atoms. The Bertz CT molecular complexity index is 240. The third-order valence-electron chi connectivity index (χ3n) is 3.27. The minimum atomic E-state index is -0.0138. The van der Waals surface area contributed by atoms with Crippen LogP contribution in [0, 0.1) is 5.92 Å². The van der Waals surface area contributed by atoms with Crippen LogP contribution in [0.2, 0.25) is 0 Å². The van der Waals surface area contributed by atoms with Crippen molar-refractivity contribution in [3.8, 4) is 0 Å². The Morgan fingerprint density at radius 1 is 1.50 bits per heavy atom. The molecular weight excluding hydrogens is 232 g/mol. The summed E-state index contributed by atoms with van der Waals surface area (Å²) in [6.45, 7) is 6.08. The van der Waals surface area contributed by atoms with Gasteiger partial charge in [-0.05, 0) is 25.2 Å². The van der Waals surface area contributed by atoms with Crippen LogP contribution in [0.5, 0.6) is 0 Å². The molecule has 106 valence electrons. The molecule has 2 atom stereocenters. The fourth-order valence-corrected chi connectivity index (χ4v) is 2.12. The average Bonchev–Trinajstić information content (AvgIpc) is 2.81. The van der Waals surface area contributed by atoms with Crippen molar-refractivity contribution in [1.29, 1.82) is 0 Å². The molecule has 5 nitrogen and oxygen atoms in total. The second-order valence-electron chi connectivity index (χ2n) is 5.20. The lowest BCUT2D eigenvalue weighted by Crippen LogP contribution is -2.44. The van der Waals surface area contributed by atoms with E-state index in [1.54, 1.807) is 0 Å². The fourth-order valence-electron chi connectivity index (χ4n) is 2.12. The molecule has 1 aliphatic heterocycles. The molecule has 1 heterocycles. The van der Waals surface area contributed by atoms with Crippen LogP contribution in [-0.2, 0) is 9.53 Å². The van der Waals surface area contributed by atoms with Crippen LogP contribution in [-0.4, -0.2) is 49.5 Å². The zero-order valence-electron chi connectivity index (χ0n) is 11.4. The first-order valence-corrected chi connectivity index (χ1v) is 6.86. The van der Waals surface area contributed by atoms with Gasteiger partial charge < -0.3 is 20.5 Å². The van der Waals surface area contributed by atoms with Gasteiger partial charge in [0.15, 0.2) is 0 Å². The number of hydrogen-bond donors (Lipinski definition) is 3. The standard InChI is InChI=1S/C13H26N2O3/c1-10(2)12(5-6-16)15-13(17)9-14-8-11-4-3-7-18-11/h10-12,14,16H,3-9H2,1-2H3,(H,15,17). The lowest BCUT2D eigenvalue weighted by Gasteiger charge is -2.21. The van der Waals surface area contributed by atoms with E-state index >= 15 is 0 Å². The summed E-state index contributed by atoms with van der Waals surface area (Å²) in [5, 5.41) is 15.0. The zero-order valence-corrected chi connectivity index (χ0v) is 11.4. The molecule has 1 rings (SSSR count). The van der Waals surface area contributed by atoms with Gasteiger partial charge >= 0.3 is 0 Å². The first-order chi connectivity index (χ1) is 8.63. The molecule has 0 aromatic carbocycles. The van der Waals surface area contributed by atoms with Crippen molar-refractivity contribution in [2.75, 3.05) is 26.3 Å². The molecule has 0 bridgehead atoms. The maximum absolute atomic E-state index is 11.7. The minimum absolute atomic E-state index is 0.0138. The smallest absolute Gasteiger partial charge is 0.234 e. The van der Waals surface area contributed by atoms with E-state index in [1.165, 1.54) is 0 Å². The number of aliphatic hydroxyl groups is 1. The van der Waals surface area contributed by atoms with E-state index in [4.69, 9.17) is 9.84 Å². The van der Waals surface area contributed by atoms with Gasteiger partial charge in [0, 0.05) is 25.8 Å². The van der Waals surface area contributed by atoms with Crippen molar-refractivity contribution in [3.05, 3.63) is 0 Å². The second-order valence-corrected chi connectivity index (χ2v) is 5.20. The number of hydrogen-bond acceptors (Lipinski definition) is 4. The molecule has 18 heavy (non-hydrogen) atoms. The molecule has 0 aromatic rings. The van der Waals surface area contributed by atoms with Crippen LogP contribution in [0.4, 0.5) is 0 Å². The lowest BCUT2D eigenvalue weighted by atomic mass is 10.0. The summed E-state index contributed by atoms with van der Waals surface area (Å²) in [4.78, 5) is 11.7. The predicted molar refractivity (Wildman–Crippen MR) is 70.3 cm³/mol. The van der Waals surface area contributed by atoms with E-state index < -0.39 is 0 Å². The van der Waals surface area contributed by atoms with Gasteiger partial charge in [0.25, 0.3) is 0 Å². The van der Waals surface area contributed by atoms with E-state index in [0.717, 1.165) is 26.0 Å². The van der Waals surface area contributed by atoms with Crippen LogP contribution in [0.15, 0.2) is 0 Å². The SMILES string of the molecule is CC(C)C(CCO)NC(=O)CNCC1CCCO1. The first kappa shape index (κ1) is 15.4. The molecule has 2 unspecified atom stereocenters. The summed E-state index contributed by atoms with van der Waals surface area (Å²) < 4.78 is 5.47. The third-order valence-corrected chi connectivity index (χ3v) is 3.27. The molecule has 1 amide bonds. The van der Waals surface area contributed by atoms with Crippen LogP contribution in [0.25, 0.3) is 0 Å². The van der Waals surface area contributed by atoms with Crippen LogP contribution in [0.1, 0.15) is 33.1 Å². The van der Waals surface area contributed by atoms with Crippen LogP contribution in [0.3, 0.4) is 0 Å². The highest BCUT2D eigenvalue weighted by atomic mass is 16.5. The molecule has 0 aromatic heterocycles. The lowest BCUT2D eigenvalue weighted by molar-refractivity contribution is -0.121. The van der Waals surface area contributed by atoms with Gasteiger partial charge in [-0.2, -0.15) is 0 Å². The number of aliphatic hydroxyl groups excluding tert-OH is 1. The highest BCUT2D eigenvalue weighted by Gasteiger charge is 2.17. The Balaban J connectivity index is 2.14. The molecule has 1 aliphatic rings. The Hall–Kier alpha value is -0.650. The van der Waals surface area contributed by atoms with Gasteiger partial charge in [0.05, 0.1) is 12.6 Å². The monoisotopic (exact) mass is 258 g/mol. The molecule has 0 aliphatic carbocycles.